The van der Waals surface area contributed by atoms with Crippen LogP contribution < -0.4 is 15.1 Å². The Morgan fingerprint density at radius 2 is 1.40 bits per heavy atom. The minimum atomic E-state index is -2.74. The number of methoxy groups -OCH3 is 1. The van der Waals surface area contributed by atoms with Crippen molar-refractivity contribution in [3.05, 3.63) is 90.5 Å². The molecule has 0 aromatic heterocycles. The number of hydrogen-bond acceptors (Lipinski definition) is 7. The van der Waals surface area contributed by atoms with Crippen LogP contribution >= 0.6 is 0 Å². The van der Waals surface area contributed by atoms with Gasteiger partial charge in [-0.05, 0) is 84.9 Å². The van der Waals surface area contributed by atoms with E-state index in [1.807, 2.05) is 36.4 Å². The average Bonchev–Trinajstić information content (AvgIpc) is 3.04. The third kappa shape index (κ3) is 11.6. The van der Waals surface area contributed by atoms with E-state index in [1.165, 1.54) is 10.4 Å². The fourth-order valence-electron chi connectivity index (χ4n) is 7.15. The van der Waals surface area contributed by atoms with Crippen molar-refractivity contribution in [1.29, 1.82) is 0 Å². The van der Waals surface area contributed by atoms with Crippen molar-refractivity contribution in [2.45, 2.75) is 121 Å². The molecule has 2 N–H and O–H groups in total. The predicted octanol–water partition coefficient (Wildman–Crippen LogP) is 6.93. The number of carboxylic acids is 1. The summed E-state index contributed by atoms with van der Waals surface area (Å²) in [6.07, 6.45) is 0.728. The highest BCUT2D eigenvalue weighted by molar-refractivity contribution is 6.99. The van der Waals surface area contributed by atoms with Crippen molar-refractivity contribution in [2.75, 3.05) is 13.7 Å². The van der Waals surface area contributed by atoms with E-state index in [4.69, 9.17) is 23.1 Å². The molecule has 0 spiro atoms. The zero-order chi connectivity index (χ0) is 36.4. The second-order valence-electron chi connectivity index (χ2n) is 15.5. The number of aliphatic carboxylic acids is 1. The molecule has 3 aromatic rings. The van der Waals surface area contributed by atoms with Gasteiger partial charge in [0.1, 0.15) is 5.75 Å². The molecule has 3 aromatic carbocycles. The van der Waals surface area contributed by atoms with E-state index in [0.717, 1.165) is 11.3 Å². The molecule has 1 heterocycles. The molecule has 5 atom stereocenters. The van der Waals surface area contributed by atoms with Crippen molar-refractivity contribution in [3.8, 4) is 5.75 Å². The van der Waals surface area contributed by atoms with Crippen LogP contribution in [0.1, 0.15) is 64.9 Å². The maximum absolute atomic E-state index is 11.7. The molecule has 0 bridgehead atoms. The van der Waals surface area contributed by atoms with Gasteiger partial charge in [0, 0.05) is 6.61 Å². The molecule has 0 saturated carbocycles. The van der Waals surface area contributed by atoms with Gasteiger partial charge in [-0.2, -0.15) is 0 Å². The molecule has 10 heteroatoms. The topological polar surface area (TPSA) is 104 Å². The summed E-state index contributed by atoms with van der Waals surface area (Å²) >= 11 is 0. The first-order chi connectivity index (χ1) is 23.7. The monoisotopic (exact) mass is 722 g/mol. The van der Waals surface area contributed by atoms with Crippen molar-refractivity contribution < 1.29 is 38.1 Å². The number of benzene rings is 3. The summed E-state index contributed by atoms with van der Waals surface area (Å²) in [5, 5.41) is 22.8. The highest BCUT2D eigenvalue weighted by Crippen LogP contribution is 2.37. The summed E-state index contributed by atoms with van der Waals surface area (Å²) in [6, 6.07) is 29.1. The Kier molecular flexibility index (Phi) is 14.4. The lowest BCUT2D eigenvalue weighted by Crippen LogP contribution is -2.66. The average molecular weight is 723 g/mol. The summed E-state index contributed by atoms with van der Waals surface area (Å²) in [5.41, 5.74) is 1.03. The number of hydrogen-bond donors (Lipinski definition) is 2. The Hall–Kier alpha value is -2.84. The first-order valence-electron chi connectivity index (χ1n) is 17.9. The Morgan fingerprint density at radius 3 is 1.88 bits per heavy atom. The molecule has 274 valence electrons. The van der Waals surface area contributed by atoms with Crippen LogP contribution in [-0.2, 0) is 29.7 Å². The van der Waals surface area contributed by atoms with Gasteiger partial charge in [-0.3, -0.25) is 4.79 Å². The second-order valence-corrected chi connectivity index (χ2v) is 24.3. The Bertz CT molecular complexity index is 1400. The quantitative estimate of drug-likeness (QED) is 0.136. The molecule has 2 unspecified atom stereocenters. The fourth-order valence-corrected chi connectivity index (χ4v) is 12.9. The maximum Gasteiger partial charge on any atom is 0.305 e. The zero-order valence-electron chi connectivity index (χ0n) is 31.0. The minimum Gasteiger partial charge on any atom is -0.497 e. The van der Waals surface area contributed by atoms with Crippen LogP contribution in [0.4, 0.5) is 0 Å². The summed E-state index contributed by atoms with van der Waals surface area (Å²) < 4.78 is 32.0. The molecule has 0 amide bonds. The molecule has 8 nitrogen and oxygen atoms in total. The third-order valence-corrected chi connectivity index (χ3v) is 15.3. The SMILES string of the molecule is COc1ccc(COC(CCO[Si](c2ccccc2)(c2ccccc2)C(C)(C)C)C[C@@H]2C[C@H](O)C[C@H](CC(CC(=O)O)O[Si](C)(C)C)O2)cc1. The van der Waals surface area contributed by atoms with E-state index in [2.05, 4.69) is 88.9 Å². The number of carboxylic acid groups (broad SMARTS) is 1. The Labute approximate surface area is 301 Å². The number of ether oxygens (including phenoxy) is 3. The van der Waals surface area contributed by atoms with Crippen LogP contribution in [0.15, 0.2) is 84.9 Å². The molecule has 50 heavy (non-hydrogen) atoms. The summed E-state index contributed by atoms with van der Waals surface area (Å²) in [4.78, 5) is 11.7. The number of aliphatic hydroxyl groups excluding tert-OH is 1. The van der Waals surface area contributed by atoms with Crippen LogP contribution in [0.25, 0.3) is 0 Å². The lowest BCUT2D eigenvalue weighted by Gasteiger charge is -2.43. The summed E-state index contributed by atoms with van der Waals surface area (Å²) in [5.74, 6) is -0.104. The number of carbonyl (C=O) groups is 1. The van der Waals surface area contributed by atoms with Crippen LogP contribution in [0, 0.1) is 0 Å². The van der Waals surface area contributed by atoms with E-state index >= 15 is 0 Å². The van der Waals surface area contributed by atoms with E-state index in [-0.39, 0.29) is 29.8 Å². The van der Waals surface area contributed by atoms with Gasteiger partial charge in [0.15, 0.2) is 8.32 Å². The highest BCUT2D eigenvalue weighted by atomic mass is 28.4. The van der Waals surface area contributed by atoms with Gasteiger partial charge >= 0.3 is 5.97 Å². The van der Waals surface area contributed by atoms with Crippen molar-refractivity contribution >= 4 is 33.0 Å². The van der Waals surface area contributed by atoms with Gasteiger partial charge < -0.3 is 33.3 Å². The Morgan fingerprint density at radius 1 is 0.860 bits per heavy atom. The largest absolute Gasteiger partial charge is 0.497 e. The molecular formula is C40H58O8Si2. The number of aliphatic hydroxyl groups is 1. The fraction of sp³-hybridized carbons (Fsp3) is 0.525. The summed E-state index contributed by atoms with van der Waals surface area (Å²) in [6.45, 7) is 13.9. The standard InChI is InChI=1S/C40H58O8Si2/c1-40(2,3)50(37-14-10-8-11-15-37,38-16-12-9-13-17-38)46-23-22-33(45-29-30-18-20-32(44-4)21-19-30)26-34-24-31(41)25-35(47-34)27-36(28-39(42)43)48-49(5,6)7/h8-21,31,33-36,41H,22-29H2,1-7H3,(H,42,43)/t31-,33?,34-,35+,36?/m0/s1. The van der Waals surface area contributed by atoms with Gasteiger partial charge in [-0.1, -0.05) is 93.6 Å². The smallest absolute Gasteiger partial charge is 0.305 e. The van der Waals surface area contributed by atoms with E-state index in [1.54, 1.807) is 7.11 Å². The van der Waals surface area contributed by atoms with E-state index in [0.29, 0.717) is 45.3 Å². The van der Waals surface area contributed by atoms with Crippen molar-refractivity contribution in [1.82, 2.24) is 0 Å². The van der Waals surface area contributed by atoms with Gasteiger partial charge in [0.2, 0.25) is 0 Å². The van der Waals surface area contributed by atoms with Crippen molar-refractivity contribution in [2.24, 2.45) is 0 Å². The van der Waals surface area contributed by atoms with Gasteiger partial charge in [-0.15, -0.1) is 0 Å². The highest BCUT2D eigenvalue weighted by Gasteiger charge is 2.50. The molecule has 4 rings (SSSR count). The van der Waals surface area contributed by atoms with Crippen LogP contribution in [0.5, 0.6) is 5.75 Å². The molecule has 1 fully saturated rings. The van der Waals surface area contributed by atoms with E-state index in [9.17, 15) is 15.0 Å². The zero-order valence-corrected chi connectivity index (χ0v) is 33.0. The van der Waals surface area contributed by atoms with Gasteiger partial charge in [0.25, 0.3) is 8.32 Å². The third-order valence-electron chi connectivity index (χ3n) is 9.25. The van der Waals surface area contributed by atoms with Crippen molar-refractivity contribution in [3.63, 3.8) is 0 Å². The molecule has 0 radical (unpaired) electrons. The maximum atomic E-state index is 11.7. The predicted molar refractivity (Wildman–Crippen MR) is 203 cm³/mol. The molecule has 1 aliphatic rings. The van der Waals surface area contributed by atoms with Crippen LogP contribution in [0.2, 0.25) is 24.7 Å². The van der Waals surface area contributed by atoms with E-state index < -0.39 is 34.8 Å². The lowest BCUT2D eigenvalue weighted by molar-refractivity contribution is -0.141. The molecule has 1 saturated heterocycles. The van der Waals surface area contributed by atoms with Gasteiger partial charge in [-0.25, -0.2) is 0 Å². The summed E-state index contributed by atoms with van der Waals surface area (Å²) in [7, 11) is -3.08. The van der Waals surface area contributed by atoms with Gasteiger partial charge in [0.05, 0.1) is 50.7 Å². The molecular weight excluding hydrogens is 665 g/mol. The number of rotatable bonds is 18. The first kappa shape index (κ1) is 39.9. The Balaban J connectivity index is 1.54. The lowest BCUT2D eigenvalue weighted by atomic mass is 9.93. The van der Waals surface area contributed by atoms with Crippen LogP contribution in [-0.4, -0.2) is 77.1 Å². The molecule has 1 aliphatic heterocycles. The molecule has 0 aliphatic carbocycles. The normalized spacial score (nSPS) is 19.9. The van der Waals surface area contributed by atoms with Crippen LogP contribution in [0.3, 0.4) is 0 Å². The minimum absolute atomic E-state index is 0.0852. The second kappa shape index (κ2) is 18.1. The first-order valence-corrected chi connectivity index (χ1v) is 23.2.